The highest BCUT2D eigenvalue weighted by atomic mass is 32.2. The minimum absolute atomic E-state index is 0.0303. The minimum Gasteiger partial charge on any atom is -0.465 e. The average molecular weight is 430 g/mol. The Morgan fingerprint density at radius 1 is 1.20 bits per heavy atom. The maximum absolute atomic E-state index is 12.9. The topological polar surface area (TPSA) is 106 Å². The third-order valence-corrected chi connectivity index (χ3v) is 5.63. The summed E-state index contributed by atoms with van der Waals surface area (Å²) >= 11 is 1.02. The summed E-state index contributed by atoms with van der Waals surface area (Å²) in [5.74, 6) is 0.143. The standard InChI is InChI=1S/C20H22N4O5S/c1-2-29-19(25)14-30-17-7-6-15(13-16(17)24(27)28)20(26)23-11-9-22(10-12-23)18-5-3-4-8-21-18/h3-8,13H,2,9-12,14H2,1H3. The zero-order valence-corrected chi connectivity index (χ0v) is 17.3. The van der Waals surface area contributed by atoms with Crippen LogP contribution in [0.1, 0.15) is 17.3 Å². The second-order valence-electron chi connectivity index (χ2n) is 6.50. The first-order valence-corrected chi connectivity index (χ1v) is 10.5. The van der Waals surface area contributed by atoms with Crippen LogP contribution >= 0.6 is 11.8 Å². The van der Waals surface area contributed by atoms with E-state index in [4.69, 9.17) is 4.74 Å². The molecule has 1 aromatic heterocycles. The molecule has 10 heteroatoms. The second-order valence-corrected chi connectivity index (χ2v) is 7.52. The molecule has 1 aliphatic heterocycles. The lowest BCUT2D eigenvalue weighted by Crippen LogP contribution is -2.49. The van der Waals surface area contributed by atoms with Gasteiger partial charge >= 0.3 is 5.97 Å². The number of hydrogen-bond acceptors (Lipinski definition) is 8. The quantitative estimate of drug-likeness (QED) is 0.286. The summed E-state index contributed by atoms with van der Waals surface area (Å²) in [7, 11) is 0. The highest BCUT2D eigenvalue weighted by Gasteiger charge is 2.25. The maximum Gasteiger partial charge on any atom is 0.316 e. The van der Waals surface area contributed by atoms with Crippen molar-refractivity contribution in [1.82, 2.24) is 9.88 Å². The Morgan fingerprint density at radius 2 is 1.97 bits per heavy atom. The van der Waals surface area contributed by atoms with Crippen molar-refractivity contribution in [2.45, 2.75) is 11.8 Å². The molecule has 0 atom stereocenters. The Hall–Kier alpha value is -3.14. The van der Waals surface area contributed by atoms with E-state index in [2.05, 4.69) is 9.88 Å². The van der Waals surface area contributed by atoms with Crippen LogP contribution in [-0.2, 0) is 9.53 Å². The number of ether oxygens (including phenoxy) is 1. The molecule has 2 aromatic rings. The summed E-state index contributed by atoms with van der Waals surface area (Å²) in [5.41, 5.74) is 0.0655. The monoisotopic (exact) mass is 430 g/mol. The van der Waals surface area contributed by atoms with Crippen LogP contribution in [0.15, 0.2) is 47.5 Å². The van der Waals surface area contributed by atoms with Gasteiger partial charge in [-0.3, -0.25) is 19.7 Å². The summed E-state index contributed by atoms with van der Waals surface area (Å²) < 4.78 is 4.85. The van der Waals surface area contributed by atoms with Gasteiger partial charge < -0.3 is 14.5 Å². The van der Waals surface area contributed by atoms with Gasteiger partial charge in [0, 0.05) is 44.0 Å². The first kappa shape index (κ1) is 21.6. The van der Waals surface area contributed by atoms with Crippen LogP contribution in [0, 0.1) is 10.1 Å². The van der Waals surface area contributed by atoms with Crippen molar-refractivity contribution in [3.8, 4) is 0 Å². The number of hydrogen-bond donors (Lipinski definition) is 0. The van der Waals surface area contributed by atoms with Crippen LogP contribution in [0.2, 0.25) is 0 Å². The molecule has 0 spiro atoms. The summed E-state index contributed by atoms with van der Waals surface area (Å²) in [6, 6.07) is 10.0. The molecule has 1 saturated heterocycles. The molecule has 0 aliphatic carbocycles. The highest BCUT2D eigenvalue weighted by Crippen LogP contribution is 2.30. The molecule has 0 saturated carbocycles. The molecule has 158 valence electrons. The number of carbonyl (C=O) groups is 2. The number of piperazine rings is 1. The molecule has 0 N–H and O–H groups in total. The van der Waals surface area contributed by atoms with E-state index in [0.717, 1.165) is 17.6 Å². The van der Waals surface area contributed by atoms with Crippen molar-refractivity contribution in [2.24, 2.45) is 0 Å². The first-order valence-electron chi connectivity index (χ1n) is 9.51. The fourth-order valence-electron chi connectivity index (χ4n) is 3.12. The van der Waals surface area contributed by atoms with Crippen LogP contribution in [0.5, 0.6) is 0 Å². The van der Waals surface area contributed by atoms with Gasteiger partial charge in [-0.1, -0.05) is 6.07 Å². The minimum atomic E-state index is -0.538. The van der Waals surface area contributed by atoms with E-state index in [1.807, 2.05) is 18.2 Å². The molecule has 3 rings (SSSR count). The van der Waals surface area contributed by atoms with E-state index in [1.165, 1.54) is 12.1 Å². The van der Waals surface area contributed by atoms with E-state index in [9.17, 15) is 19.7 Å². The lowest BCUT2D eigenvalue weighted by Gasteiger charge is -2.35. The molecular weight excluding hydrogens is 408 g/mol. The molecule has 1 fully saturated rings. The number of esters is 1. The van der Waals surface area contributed by atoms with E-state index < -0.39 is 10.9 Å². The van der Waals surface area contributed by atoms with Crippen LogP contribution < -0.4 is 4.90 Å². The predicted molar refractivity (Wildman–Crippen MR) is 113 cm³/mol. The summed E-state index contributed by atoms with van der Waals surface area (Å²) in [6.45, 7) is 4.23. The van der Waals surface area contributed by atoms with Gasteiger partial charge in [-0.05, 0) is 31.2 Å². The average Bonchev–Trinajstić information content (AvgIpc) is 2.78. The molecule has 0 unspecified atom stereocenters. The zero-order chi connectivity index (χ0) is 21.5. The second kappa shape index (κ2) is 10.1. The number of anilines is 1. The maximum atomic E-state index is 12.9. The molecule has 0 radical (unpaired) electrons. The molecule has 1 amide bonds. The molecule has 30 heavy (non-hydrogen) atoms. The molecule has 2 heterocycles. The van der Waals surface area contributed by atoms with Gasteiger partial charge in [0.2, 0.25) is 0 Å². The van der Waals surface area contributed by atoms with Gasteiger partial charge in [0.05, 0.1) is 22.2 Å². The van der Waals surface area contributed by atoms with E-state index in [-0.39, 0.29) is 29.5 Å². The van der Waals surface area contributed by atoms with E-state index in [0.29, 0.717) is 31.1 Å². The number of benzene rings is 1. The Morgan fingerprint density at radius 3 is 2.60 bits per heavy atom. The Bertz CT molecular complexity index is 917. The third kappa shape index (κ3) is 5.26. The summed E-state index contributed by atoms with van der Waals surface area (Å²) in [6.07, 6.45) is 1.73. The third-order valence-electron chi connectivity index (χ3n) is 4.59. The van der Waals surface area contributed by atoms with Crippen LogP contribution in [-0.4, -0.2) is 65.2 Å². The number of carbonyl (C=O) groups excluding carboxylic acids is 2. The van der Waals surface area contributed by atoms with Gasteiger partial charge in [0.15, 0.2) is 0 Å². The molecule has 9 nitrogen and oxygen atoms in total. The number of thioether (sulfide) groups is 1. The van der Waals surface area contributed by atoms with Crippen LogP contribution in [0.3, 0.4) is 0 Å². The van der Waals surface area contributed by atoms with Gasteiger partial charge in [0.1, 0.15) is 5.82 Å². The molecule has 1 aromatic carbocycles. The van der Waals surface area contributed by atoms with Gasteiger partial charge in [0.25, 0.3) is 11.6 Å². The SMILES string of the molecule is CCOC(=O)CSc1ccc(C(=O)N2CCN(c3ccccn3)CC2)cc1[N+](=O)[O-]. The normalized spacial score (nSPS) is 13.8. The number of aromatic nitrogens is 1. The highest BCUT2D eigenvalue weighted by molar-refractivity contribution is 8.00. The van der Waals surface area contributed by atoms with E-state index in [1.54, 1.807) is 24.1 Å². The number of pyridine rings is 1. The van der Waals surface area contributed by atoms with Crippen molar-refractivity contribution >= 4 is 35.1 Å². The van der Waals surface area contributed by atoms with Gasteiger partial charge in [-0.25, -0.2) is 4.98 Å². The number of nitrogens with zero attached hydrogens (tertiary/aromatic N) is 4. The van der Waals surface area contributed by atoms with Crippen molar-refractivity contribution in [3.05, 3.63) is 58.3 Å². The lowest BCUT2D eigenvalue weighted by atomic mass is 10.1. The van der Waals surface area contributed by atoms with Crippen LogP contribution in [0.25, 0.3) is 0 Å². The lowest BCUT2D eigenvalue weighted by molar-refractivity contribution is -0.387. The van der Waals surface area contributed by atoms with Crippen molar-refractivity contribution in [3.63, 3.8) is 0 Å². The number of nitro groups is 1. The van der Waals surface area contributed by atoms with Crippen molar-refractivity contribution in [1.29, 1.82) is 0 Å². The molecule has 0 bridgehead atoms. The summed E-state index contributed by atoms with van der Waals surface area (Å²) in [5, 5.41) is 11.5. The number of rotatable bonds is 7. The fraction of sp³-hybridized carbons (Fsp3) is 0.350. The van der Waals surface area contributed by atoms with Crippen molar-refractivity contribution in [2.75, 3.05) is 43.4 Å². The summed E-state index contributed by atoms with van der Waals surface area (Å²) in [4.78, 5) is 43.8. The first-order chi connectivity index (χ1) is 14.5. The molecular formula is C20H22N4O5S. The van der Waals surface area contributed by atoms with E-state index >= 15 is 0 Å². The van der Waals surface area contributed by atoms with Gasteiger partial charge in [-0.2, -0.15) is 0 Å². The Kier molecular flexibility index (Phi) is 7.23. The smallest absolute Gasteiger partial charge is 0.316 e. The number of nitro benzene ring substituents is 1. The van der Waals surface area contributed by atoms with Crippen molar-refractivity contribution < 1.29 is 19.2 Å². The van der Waals surface area contributed by atoms with Crippen LogP contribution in [0.4, 0.5) is 11.5 Å². The fourth-order valence-corrected chi connectivity index (χ4v) is 3.92. The molecule has 1 aliphatic rings. The zero-order valence-electron chi connectivity index (χ0n) is 16.5. The Balaban J connectivity index is 1.66. The number of amides is 1. The predicted octanol–water partition coefficient (Wildman–Crippen LogP) is 2.61. The Labute approximate surface area is 178 Å². The largest absolute Gasteiger partial charge is 0.465 e. The van der Waals surface area contributed by atoms with Gasteiger partial charge in [-0.15, -0.1) is 11.8 Å².